The number of anilines is 1. The highest BCUT2D eigenvalue weighted by atomic mass is 35.5. The molecular weight excluding hydrogens is 621 g/mol. The fourth-order valence-electron chi connectivity index (χ4n) is 4.69. The zero-order valence-corrected chi connectivity index (χ0v) is 26.6. The summed E-state index contributed by atoms with van der Waals surface area (Å²) in [4.78, 5) is 29.3. The lowest BCUT2D eigenvalue weighted by Crippen LogP contribution is -2.53. The van der Waals surface area contributed by atoms with E-state index in [2.05, 4.69) is 5.32 Å². The van der Waals surface area contributed by atoms with E-state index in [-0.39, 0.29) is 29.5 Å². The molecule has 0 spiro atoms. The van der Waals surface area contributed by atoms with Gasteiger partial charge in [0.25, 0.3) is 10.0 Å². The molecule has 1 atom stereocenters. The second kappa shape index (κ2) is 15.1. The predicted octanol–water partition coefficient (Wildman–Crippen LogP) is 5.97. The number of nitrogens with one attached hydrogen (secondary N) is 1. The summed E-state index contributed by atoms with van der Waals surface area (Å²) < 4.78 is 34.3. The lowest BCUT2D eigenvalue weighted by Gasteiger charge is -2.34. The van der Waals surface area contributed by atoms with Crippen LogP contribution in [-0.2, 0) is 32.6 Å². The number of amides is 2. The van der Waals surface area contributed by atoms with Crippen LogP contribution in [0.1, 0.15) is 18.1 Å². The SMILES string of the molecule is CCNC(=O)C(Cc1ccccc1)N(Cc1cccc(Cl)c1)C(=O)CN(c1ccc(Cl)cc1)S(=O)(=O)c1ccc(OC)cc1. The Balaban J connectivity index is 1.79. The van der Waals surface area contributed by atoms with E-state index in [1.165, 1.54) is 48.4 Å². The van der Waals surface area contributed by atoms with Gasteiger partial charge in [0.1, 0.15) is 18.3 Å². The monoisotopic (exact) mass is 653 g/mol. The first-order valence-electron chi connectivity index (χ1n) is 13.9. The van der Waals surface area contributed by atoms with Gasteiger partial charge < -0.3 is 15.0 Å². The van der Waals surface area contributed by atoms with Crippen LogP contribution in [0.4, 0.5) is 5.69 Å². The summed E-state index contributed by atoms with van der Waals surface area (Å²) in [7, 11) is -2.77. The van der Waals surface area contributed by atoms with Gasteiger partial charge in [0.2, 0.25) is 11.8 Å². The Morgan fingerprint density at radius 1 is 0.841 bits per heavy atom. The molecule has 2 amide bonds. The summed E-state index contributed by atoms with van der Waals surface area (Å²) in [6.45, 7) is 1.59. The first-order valence-corrected chi connectivity index (χ1v) is 16.1. The Labute approximate surface area is 268 Å². The van der Waals surface area contributed by atoms with Crippen molar-refractivity contribution in [2.24, 2.45) is 0 Å². The van der Waals surface area contributed by atoms with E-state index in [4.69, 9.17) is 27.9 Å². The molecule has 1 N–H and O–H groups in total. The average Bonchev–Trinajstić information content (AvgIpc) is 3.02. The maximum Gasteiger partial charge on any atom is 0.264 e. The van der Waals surface area contributed by atoms with Gasteiger partial charge in [0, 0.05) is 29.6 Å². The van der Waals surface area contributed by atoms with Crippen molar-refractivity contribution in [3.63, 3.8) is 0 Å². The van der Waals surface area contributed by atoms with Crippen LogP contribution in [0.15, 0.2) is 108 Å². The normalized spacial score (nSPS) is 11.8. The Morgan fingerprint density at radius 2 is 1.50 bits per heavy atom. The minimum Gasteiger partial charge on any atom is -0.497 e. The number of benzene rings is 4. The first kappa shape index (κ1) is 32.9. The third-order valence-electron chi connectivity index (χ3n) is 6.90. The predicted molar refractivity (Wildman–Crippen MR) is 174 cm³/mol. The van der Waals surface area contributed by atoms with Gasteiger partial charge in [0.15, 0.2) is 0 Å². The molecule has 0 saturated carbocycles. The van der Waals surface area contributed by atoms with E-state index in [0.717, 1.165) is 9.87 Å². The van der Waals surface area contributed by atoms with Crippen molar-refractivity contribution in [1.82, 2.24) is 10.2 Å². The van der Waals surface area contributed by atoms with Crippen LogP contribution in [-0.4, -0.2) is 51.4 Å². The number of hydrogen-bond donors (Lipinski definition) is 1. The average molecular weight is 655 g/mol. The van der Waals surface area contributed by atoms with Crippen LogP contribution in [0.25, 0.3) is 0 Å². The number of halogens is 2. The molecule has 4 aromatic carbocycles. The van der Waals surface area contributed by atoms with Crippen molar-refractivity contribution < 1.29 is 22.7 Å². The van der Waals surface area contributed by atoms with Gasteiger partial charge in [-0.15, -0.1) is 0 Å². The van der Waals surface area contributed by atoms with Gasteiger partial charge in [-0.1, -0.05) is 65.7 Å². The number of hydrogen-bond acceptors (Lipinski definition) is 5. The number of carbonyl (C=O) groups excluding carboxylic acids is 2. The second-order valence-electron chi connectivity index (χ2n) is 9.92. The summed E-state index contributed by atoms with van der Waals surface area (Å²) in [5.41, 5.74) is 1.76. The van der Waals surface area contributed by atoms with E-state index in [9.17, 15) is 18.0 Å². The molecule has 1 unspecified atom stereocenters. The van der Waals surface area contributed by atoms with Gasteiger partial charge in [0.05, 0.1) is 17.7 Å². The highest BCUT2D eigenvalue weighted by Crippen LogP contribution is 2.27. The number of ether oxygens (including phenoxy) is 1. The standard InChI is InChI=1S/C33H33Cl2N3O5S/c1-3-36-33(40)31(21-24-8-5-4-6-9-24)37(22-25-10-7-11-27(35)20-25)32(39)23-38(28-14-12-26(34)13-15-28)44(41,42)30-18-16-29(43-2)17-19-30/h4-20,31H,3,21-23H2,1-2H3,(H,36,40). The third kappa shape index (κ3) is 8.31. The van der Waals surface area contributed by atoms with Crippen molar-refractivity contribution in [3.8, 4) is 5.75 Å². The van der Waals surface area contributed by atoms with E-state index in [0.29, 0.717) is 27.9 Å². The molecule has 0 heterocycles. The molecule has 4 aromatic rings. The summed E-state index contributed by atoms with van der Waals surface area (Å²) in [6, 6.07) is 27.4. The van der Waals surface area contributed by atoms with Gasteiger partial charge in [-0.2, -0.15) is 0 Å². The first-order chi connectivity index (χ1) is 21.1. The molecular formula is C33H33Cl2N3O5S. The molecule has 0 saturated heterocycles. The van der Waals surface area contributed by atoms with E-state index >= 15 is 0 Å². The molecule has 11 heteroatoms. The van der Waals surface area contributed by atoms with Crippen molar-refractivity contribution in [2.45, 2.75) is 30.8 Å². The molecule has 0 aliphatic rings. The quantitative estimate of drug-likeness (QED) is 0.192. The lowest BCUT2D eigenvalue weighted by atomic mass is 10.0. The summed E-state index contributed by atoms with van der Waals surface area (Å²) >= 11 is 12.4. The smallest absolute Gasteiger partial charge is 0.264 e. The molecule has 0 fully saturated rings. The maximum absolute atomic E-state index is 14.4. The maximum atomic E-state index is 14.4. The topological polar surface area (TPSA) is 96.0 Å². The molecule has 0 radical (unpaired) electrons. The van der Waals surface area contributed by atoms with Crippen LogP contribution in [0, 0.1) is 0 Å². The van der Waals surface area contributed by atoms with Gasteiger partial charge in [-0.25, -0.2) is 8.42 Å². The molecule has 44 heavy (non-hydrogen) atoms. The third-order valence-corrected chi connectivity index (χ3v) is 9.18. The van der Waals surface area contributed by atoms with E-state index in [1.807, 2.05) is 30.3 Å². The Morgan fingerprint density at radius 3 is 2.11 bits per heavy atom. The zero-order valence-electron chi connectivity index (χ0n) is 24.3. The molecule has 0 aliphatic carbocycles. The second-order valence-corrected chi connectivity index (χ2v) is 12.7. The molecule has 0 aliphatic heterocycles. The van der Waals surface area contributed by atoms with Crippen molar-refractivity contribution in [1.29, 1.82) is 0 Å². The van der Waals surface area contributed by atoms with Gasteiger partial charge in [-0.3, -0.25) is 13.9 Å². The van der Waals surface area contributed by atoms with Crippen LogP contribution in [0.2, 0.25) is 10.0 Å². The Bertz CT molecular complexity index is 1670. The molecule has 0 bridgehead atoms. The van der Waals surface area contributed by atoms with Crippen LogP contribution in [0.5, 0.6) is 5.75 Å². The number of methoxy groups -OCH3 is 1. The van der Waals surface area contributed by atoms with Crippen LogP contribution < -0.4 is 14.4 Å². The fraction of sp³-hybridized carbons (Fsp3) is 0.212. The lowest BCUT2D eigenvalue weighted by molar-refractivity contribution is -0.140. The summed E-state index contributed by atoms with van der Waals surface area (Å²) in [5.74, 6) is -0.455. The largest absolute Gasteiger partial charge is 0.497 e. The van der Waals surface area contributed by atoms with E-state index in [1.54, 1.807) is 43.3 Å². The van der Waals surface area contributed by atoms with Gasteiger partial charge >= 0.3 is 0 Å². The fourth-order valence-corrected chi connectivity index (χ4v) is 6.44. The van der Waals surface area contributed by atoms with Crippen molar-refractivity contribution in [2.75, 3.05) is 24.5 Å². The molecule has 8 nitrogen and oxygen atoms in total. The molecule has 230 valence electrons. The van der Waals surface area contributed by atoms with Crippen molar-refractivity contribution >= 4 is 50.7 Å². The number of carbonyl (C=O) groups is 2. The molecule has 0 aromatic heterocycles. The number of nitrogens with zero attached hydrogens (tertiary/aromatic N) is 2. The summed E-state index contributed by atoms with van der Waals surface area (Å²) in [5, 5.41) is 3.72. The van der Waals surface area contributed by atoms with Crippen LogP contribution >= 0.6 is 23.2 Å². The highest BCUT2D eigenvalue weighted by Gasteiger charge is 2.34. The Kier molecular flexibility index (Phi) is 11.3. The van der Waals surface area contributed by atoms with Gasteiger partial charge in [-0.05, 0) is 78.7 Å². The number of sulfonamides is 1. The van der Waals surface area contributed by atoms with Crippen LogP contribution in [0.3, 0.4) is 0 Å². The highest BCUT2D eigenvalue weighted by molar-refractivity contribution is 7.92. The summed E-state index contributed by atoms with van der Waals surface area (Å²) in [6.07, 6.45) is 0.213. The minimum absolute atomic E-state index is 0.0189. The zero-order chi connectivity index (χ0) is 31.7. The number of likely N-dealkylation sites (N-methyl/N-ethyl adjacent to an activating group) is 1. The Hall–Kier alpha value is -4.05. The van der Waals surface area contributed by atoms with Crippen molar-refractivity contribution in [3.05, 3.63) is 124 Å². The van der Waals surface area contributed by atoms with E-state index < -0.39 is 28.5 Å². The molecule has 4 rings (SSSR count). The minimum atomic E-state index is -4.25. The number of rotatable bonds is 13.